The number of phosphoric ester groups is 2. The minimum absolute atomic E-state index is 0.0975. The van der Waals surface area contributed by atoms with Crippen LogP contribution in [0.3, 0.4) is 0 Å². The van der Waals surface area contributed by atoms with Crippen molar-refractivity contribution in [1.29, 1.82) is 0 Å². The number of hydrogen-bond donors (Lipinski definition) is 2. The maximum absolute atomic E-state index is 13.3. The van der Waals surface area contributed by atoms with Crippen LogP contribution in [0, 0.1) is 0 Å². The highest BCUT2D eigenvalue weighted by atomic mass is 31.2. The Hall–Kier alpha value is -0.100. The van der Waals surface area contributed by atoms with Crippen LogP contribution in [0.4, 0.5) is 0 Å². The van der Waals surface area contributed by atoms with Crippen molar-refractivity contribution >= 4 is 15.6 Å². The second kappa shape index (κ2) is 12.3. The Morgan fingerprint density at radius 1 is 0.644 bits per heavy atom. The van der Waals surface area contributed by atoms with E-state index in [0.717, 1.165) is 0 Å². The second-order valence-corrected chi connectivity index (χ2v) is 16.3. The van der Waals surface area contributed by atoms with Crippen molar-refractivity contribution in [2.24, 2.45) is 0 Å². The fourth-order valence-electron chi connectivity index (χ4n) is 7.20. The summed E-state index contributed by atoms with van der Waals surface area (Å²) in [6.07, 6.45) is -5.82. The van der Waals surface area contributed by atoms with E-state index in [4.69, 9.17) is 56.0 Å². The van der Waals surface area contributed by atoms with Crippen LogP contribution in [0.2, 0.25) is 0 Å². The van der Waals surface area contributed by atoms with Gasteiger partial charge < -0.3 is 47.7 Å². The zero-order valence-electron chi connectivity index (χ0n) is 26.6. The lowest BCUT2D eigenvalue weighted by molar-refractivity contribution is -0.169. The summed E-state index contributed by atoms with van der Waals surface area (Å²) in [5.74, 6) is 0. The first kappa shape index (κ1) is 34.8. The van der Waals surface area contributed by atoms with Crippen molar-refractivity contribution in [2.45, 2.75) is 132 Å². The summed E-state index contributed by atoms with van der Waals surface area (Å²) < 4.78 is 96.2. The van der Waals surface area contributed by atoms with E-state index in [1.165, 1.54) is 0 Å². The number of ether oxygens (including phenoxy) is 8. The molecule has 6 fully saturated rings. The second-order valence-electron chi connectivity index (χ2n) is 13.5. The molecule has 6 heterocycles. The Bertz CT molecular complexity index is 1190. The smallest absolute Gasteiger partial charge is 0.376 e. The van der Waals surface area contributed by atoms with Crippen LogP contribution in [0.25, 0.3) is 0 Å². The Balaban J connectivity index is 1.10. The molecule has 0 aromatic rings. The van der Waals surface area contributed by atoms with Gasteiger partial charge in [-0.15, -0.1) is 0 Å². The first-order chi connectivity index (χ1) is 21.0. The van der Waals surface area contributed by atoms with Gasteiger partial charge in [0, 0.05) is 0 Å². The zero-order chi connectivity index (χ0) is 32.6. The fraction of sp³-hybridized carbons (Fsp3) is 1.00. The van der Waals surface area contributed by atoms with Crippen molar-refractivity contribution in [3.05, 3.63) is 0 Å². The molecule has 6 bridgehead atoms. The highest BCUT2D eigenvalue weighted by Gasteiger charge is 2.66. The molecule has 260 valence electrons. The molecule has 45 heavy (non-hydrogen) atoms. The van der Waals surface area contributed by atoms with E-state index in [1.54, 1.807) is 13.8 Å². The van der Waals surface area contributed by atoms with Crippen LogP contribution >= 0.6 is 15.6 Å². The SMILES string of the molecule is CC(C)OCC12CO[C@@H](C(C)O1)[C@H]2OP(=O)(O)OCC12CO[C@@H](C(C)O1)[C@H]2OP(=O)(O)OCC12CO[C@@H](C(C)O1)[C@H]2OC(C)C. The molecule has 0 aromatic heterocycles. The number of hydrogen-bond acceptors (Lipinski definition) is 14. The van der Waals surface area contributed by atoms with Gasteiger partial charge in [0.15, 0.2) is 0 Å². The monoisotopic (exact) mass is 688 g/mol. The molecule has 6 saturated heterocycles. The molecule has 0 amide bonds. The normalized spacial score (nSPS) is 47.8. The predicted octanol–water partition coefficient (Wildman–Crippen LogP) is 1.88. The molecule has 14 atom stereocenters. The standard InChI is InChI=1S/C27H46O16P2/c1-14(2)32-8-25-9-34-20(17(6)39-25)23(25)42-45(30,31)37-13-27-11-35-21(18(7)41-27)24(27)43-44(28,29)36-12-26-10-33-19(16(5)40-26)22(26)38-15(3)4/h14-24H,8-13H2,1-7H3,(H,28,29)(H,30,31)/t16?,17?,18?,19-,20-,21-,22+,23+,24+,25?,26?,27?/m0/s1. The lowest BCUT2D eigenvalue weighted by Gasteiger charge is -2.33. The van der Waals surface area contributed by atoms with Crippen molar-refractivity contribution in [3.63, 3.8) is 0 Å². The third-order valence-electron chi connectivity index (χ3n) is 9.18. The number of phosphoric acid groups is 2. The van der Waals surface area contributed by atoms with Gasteiger partial charge in [-0.3, -0.25) is 18.1 Å². The maximum Gasteiger partial charge on any atom is 0.472 e. The van der Waals surface area contributed by atoms with Crippen LogP contribution in [0.15, 0.2) is 0 Å². The molecule has 0 spiro atoms. The largest absolute Gasteiger partial charge is 0.472 e. The van der Waals surface area contributed by atoms with E-state index in [2.05, 4.69) is 0 Å². The highest BCUT2D eigenvalue weighted by Crippen LogP contribution is 2.57. The molecule has 6 rings (SSSR count). The zero-order valence-corrected chi connectivity index (χ0v) is 28.4. The van der Waals surface area contributed by atoms with E-state index >= 15 is 0 Å². The summed E-state index contributed by atoms with van der Waals surface area (Å²) in [6.45, 7) is 12.2. The van der Waals surface area contributed by atoms with E-state index < -0.39 is 81.8 Å². The average molecular weight is 689 g/mol. The summed E-state index contributed by atoms with van der Waals surface area (Å²) in [5.41, 5.74) is -3.66. The Labute approximate surface area is 262 Å². The van der Waals surface area contributed by atoms with Gasteiger partial charge in [-0.25, -0.2) is 9.13 Å². The summed E-state index contributed by atoms with van der Waals surface area (Å²) in [7, 11) is -9.51. The summed E-state index contributed by atoms with van der Waals surface area (Å²) in [5, 5.41) is 0. The quantitative estimate of drug-likeness (QED) is 0.237. The minimum Gasteiger partial charge on any atom is -0.376 e. The molecule has 2 N–H and O–H groups in total. The molecular weight excluding hydrogens is 642 g/mol. The van der Waals surface area contributed by atoms with Gasteiger partial charge in [-0.1, -0.05) is 0 Å². The van der Waals surface area contributed by atoms with Crippen molar-refractivity contribution < 1.29 is 74.9 Å². The Kier molecular flexibility index (Phi) is 9.53. The van der Waals surface area contributed by atoms with E-state index in [1.807, 2.05) is 34.6 Å². The van der Waals surface area contributed by atoms with Gasteiger partial charge in [-0.2, -0.15) is 0 Å². The lowest BCUT2D eigenvalue weighted by Crippen LogP contribution is -2.48. The van der Waals surface area contributed by atoms with Crippen LogP contribution in [-0.2, 0) is 65.1 Å². The third kappa shape index (κ3) is 6.50. The van der Waals surface area contributed by atoms with Gasteiger partial charge >= 0.3 is 15.6 Å². The van der Waals surface area contributed by atoms with Crippen LogP contribution < -0.4 is 0 Å². The van der Waals surface area contributed by atoms with Crippen molar-refractivity contribution in [2.75, 3.05) is 39.6 Å². The molecule has 6 aliphatic heterocycles. The molecule has 0 radical (unpaired) electrons. The van der Waals surface area contributed by atoms with Gasteiger partial charge in [0.25, 0.3) is 0 Å². The molecule has 0 saturated carbocycles. The first-order valence-corrected chi connectivity index (χ1v) is 18.5. The Morgan fingerprint density at radius 3 is 1.40 bits per heavy atom. The molecule has 16 nitrogen and oxygen atoms in total. The summed E-state index contributed by atoms with van der Waals surface area (Å²) in [6, 6.07) is 0. The fourth-order valence-corrected chi connectivity index (χ4v) is 9.28. The van der Waals surface area contributed by atoms with Gasteiger partial charge in [0.05, 0.1) is 70.2 Å². The Morgan fingerprint density at radius 2 is 1.02 bits per heavy atom. The lowest BCUT2D eigenvalue weighted by atomic mass is 9.99. The topological polar surface area (TPSA) is 185 Å². The van der Waals surface area contributed by atoms with Crippen molar-refractivity contribution in [1.82, 2.24) is 0 Å². The first-order valence-electron chi connectivity index (χ1n) is 15.5. The van der Waals surface area contributed by atoms with Crippen LogP contribution in [0.5, 0.6) is 0 Å². The van der Waals surface area contributed by atoms with E-state index in [-0.39, 0.29) is 57.5 Å². The maximum atomic E-state index is 13.3. The number of fused-ring (bicyclic) bond motifs is 6. The average Bonchev–Trinajstić information content (AvgIpc) is 3.73. The molecule has 0 aliphatic carbocycles. The molecule has 18 heteroatoms. The highest BCUT2D eigenvalue weighted by molar-refractivity contribution is 7.47. The summed E-state index contributed by atoms with van der Waals surface area (Å²) >= 11 is 0. The van der Waals surface area contributed by atoms with Gasteiger partial charge in [0.2, 0.25) is 0 Å². The molecule has 8 unspecified atom stereocenters. The van der Waals surface area contributed by atoms with Crippen molar-refractivity contribution in [3.8, 4) is 0 Å². The summed E-state index contributed by atoms with van der Waals surface area (Å²) in [4.78, 5) is 21.7. The minimum atomic E-state index is -4.76. The molecule has 0 aromatic carbocycles. The predicted molar refractivity (Wildman–Crippen MR) is 151 cm³/mol. The third-order valence-corrected chi connectivity index (χ3v) is 11.1. The van der Waals surface area contributed by atoms with E-state index in [0.29, 0.717) is 0 Å². The van der Waals surface area contributed by atoms with Gasteiger partial charge in [-0.05, 0) is 48.5 Å². The van der Waals surface area contributed by atoms with Crippen LogP contribution in [-0.4, -0.2) is 133 Å². The van der Waals surface area contributed by atoms with Gasteiger partial charge in [0.1, 0.15) is 53.4 Å². The number of rotatable bonds is 15. The molecular formula is C27H46O16P2. The van der Waals surface area contributed by atoms with Crippen LogP contribution in [0.1, 0.15) is 48.5 Å². The molecule has 6 aliphatic rings. The van der Waals surface area contributed by atoms with E-state index in [9.17, 15) is 18.9 Å².